The van der Waals surface area contributed by atoms with Crippen LogP contribution in [0.1, 0.15) is 0 Å². The molecule has 0 amide bonds. The number of nitrogens with zero attached hydrogens (tertiary/aromatic N) is 2. The van der Waals surface area contributed by atoms with Crippen LogP contribution in [0.15, 0.2) is 48.6 Å². The topological polar surface area (TPSA) is 6.48 Å². The number of rotatable bonds is 4. The van der Waals surface area contributed by atoms with Crippen LogP contribution in [-0.4, -0.2) is 34.0 Å². The van der Waals surface area contributed by atoms with E-state index in [1.165, 1.54) is 0 Å². The molecule has 0 saturated carbocycles. The molecule has 0 heterocycles. The Labute approximate surface area is 110 Å². The van der Waals surface area contributed by atoms with Gasteiger partial charge in [0.15, 0.2) is 0 Å². The first kappa shape index (κ1) is 13.2. The van der Waals surface area contributed by atoms with Crippen LogP contribution in [0.3, 0.4) is 0 Å². The molecule has 2 nitrogen and oxygen atoms in total. The van der Waals surface area contributed by atoms with Crippen molar-refractivity contribution in [1.82, 2.24) is 5.78 Å². The maximum atomic E-state index is 2.56. The molecule has 0 aliphatic heterocycles. The first-order chi connectivity index (χ1) is 8.10. The van der Waals surface area contributed by atoms with Crippen LogP contribution < -0.4 is 0 Å². The molecule has 2 aliphatic carbocycles. The van der Waals surface area contributed by atoms with Gasteiger partial charge in [0.25, 0.3) is 0 Å². The van der Waals surface area contributed by atoms with Gasteiger partial charge in [0.2, 0.25) is 0 Å². The summed E-state index contributed by atoms with van der Waals surface area (Å²) in [4.78, 5) is 0. The van der Waals surface area contributed by atoms with Gasteiger partial charge in [0, 0.05) is 0 Å². The molecule has 2 rings (SSSR count). The first-order valence-corrected chi connectivity index (χ1v) is 13.5. The third-order valence-electron chi connectivity index (χ3n) is 3.91. The monoisotopic (exact) mass is 398 g/mol. The summed E-state index contributed by atoms with van der Waals surface area (Å²) < 4.78 is 6.40. The van der Waals surface area contributed by atoms with Crippen molar-refractivity contribution in [2.75, 3.05) is 28.2 Å². The molecular weight excluding hydrogens is 375 g/mol. The van der Waals surface area contributed by atoms with Gasteiger partial charge in [-0.3, -0.25) is 0 Å². The van der Waals surface area contributed by atoms with Crippen LogP contribution in [0, 0.1) is 0 Å². The second kappa shape index (κ2) is 5.17. The van der Waals surface area contributed by atoms with Crippen molar-refractivity contribution < 1.29 is 20.5 Å². The van der Waals surface area contributed by atoms with E-state index in [1.54, 1.807) is 0 Å². The second-order valence-corrected chi connectivity index (χ2v) is 22.0. The molecule has 3 heteroatoms. The van der Waals surface area contributed by atoms with Crippen LogP contribution in [0.2, 0.25) is 7.35 Å². The summed E-state index contributed by atoms with van der Waals surface area (Å²) in [5, 5.41) is 0. The summed E-state index contributed by atoms with van der Waals surface area (Å²) in [7, 11) is 9.06. The molecule has 0 saturated heterocycles. The van der Waals surface area contributed by atoms with E-state index in [1.807, 2.05) is 0 Å². The minimum atomic E-state index is -2.81. The van der Waals surface area contributed by atoms with Crippen LogP contribution in [0.4, 0.5) is 0 Å². The number of hydrogen-bond donors (Lipinski definition) is 0. The van der Waals surface area contributed by atoms with E-state index in [0.717, 1.165) is 0 Å². The molecule has 0 bridgehead atoms. The molecule has 17 heavy (non-hydrogen) atoms. The van der Waals surface area contributed by atoms with E-state index in [2.05, 4.69) is 82.6 Å². The summed E-state index contributed by atoms with van der Waals surface area (Å²) in [6, 6.07) is 0. The Morgan fingerprint density at radius 2 is 0.941 bits per heavy atom. The van der Waals surface area contributed by atoms with Gasteiger partial charge in [-0.05, 0) is 0 Å². The Bertz CT molecular complexity index is 329. The first-order valence-electron chi connectivity index (χ1n) is 6.15. The van der Waals surface area contributed by atoms with E-state index >= 15 is 0 Å². The molecule has 0 radical (unpaired) electrons. The molecule has 92 valence electrons. The molecule has 0 fully saturated rings. The fourth-order valence-corrected chi connectivity index (χ4v) is 22.0. The predicted molar refractivity (Wildman–Crippen MR) is 71.4 cm³/mol. The molecule has 0 aromatic carbocycles. The van der Waals surface area contributed by atoms with Crippen molar-refractivity contribution in [3.63, 3.8) is 0 Å². The van der Waals surface area contributed by atoms with Gasteiger partial charge in [-0.15, -0.1) is 0 Å². The summed E-state index contributed by atoms with van der Waals surface area (Å²) in [5.41, 5.74) is 0. The SMILES string of the molecule is C[N](C)[Hf]([CH]1C=CC=C1)([CH]1C=CC=C1)[N](C)C. The van der Waals surface area contributed by atoms with Crippen molar-refractivity contribution in [3.8, 4) is 0 Å². The molecule has 0 aromatic heterocycles. The van der Waals surface area contributed by atoms with Crippen molar-refractivity contribution in [2.45, 2.75) is 7.35 Å². The van der Waals surface area contributed by atoms with Gasteiger partial charge in [-0.1, -0.05) is 0 Å². The molecule has 0 spiro atoms. The van der Waals surface area contributed by atoms with Gasteiger partial charge < -0.3 is 0 Å². The third kappa shape index (κ3) is 2.09. The second-order valence-electron chi connectivity index (χ2n) is 5.16. The van der Waals surface area contributed by atoms with Gasteiger partial charge in [0.05, 0.1) is 0 Å². The fraction of sp³-hybridized carbons (Fsp3) is 0.429. The minimum absolute atomic E-state index is 0.643. The zero-order chi connectivity index (χ0) is 12.5. The van der Waals surface area contributed by atoms with Gasteiger partial charge >= 0.3 is 110 Å². The van der Waals surface area contributed by atoms with Crippen LogP contribution in [0.5, 0.6) is 0 Å². The standard InChI is InChI=1S/2C5H5.2C2H6N.Hf/c2*1-2-4-5-3-1;2*1-3-2;/h2*1-5H;2*1-2H3;/q;;2*-1;+2. The summed E-state index contributed by atoms with van der Waals surface area (Å²) in [5.74, 6) is 0. The summed E-state index contributed by atoms with van der Waals surface area (Å²) in [6.07, 6.45) is 18.4. The predicted octanol–water partition coefficient (Wildman–Crippen LogP) is 2.92. The number of hydrogen-bond acceptors (Lipinski definition) is 2. The molecule has 0 unspecified atom stereocenters. The Morgan fingerprint density at radius 3 is 1.18 bits per heavy atom. The quantitative estimate of drug-likeness (QED) is 0.674. The Hall–Kier alpha value is -0.250. The molecule has 0 aromatic rings. The fourth-order valence-electron chi connectivity index (χ4n) is 3.25. The average Bonchev–Trinajstić information content (AvgIpc) is 2.88. The third-order valence-corrected chi connectivity index (χ3v) is 24.0. The van der Waals surface area contributed by atoms with E-state index in [-0.39, 0.29) is 0 Å². The van der Waals surface area contributed by atoms with Gasteiger partial charge in [0.1, 0.15) is 0 Å². The maximum absolute atomic E-state index is 2.81. The zero-order valence-corrected chi connectivity index (χ0v) is 14.8. The summed E-state index contributed by atoms with van der Waals surface area (Å²) in [6.45, 7) is 0. The Morgan fingerprint density at radius 1 is 0.647 bits per heavy atom. The van der Waals surface area contributed by atoms with E-state index in [0.29, 0.717) is 7.35 Å². The molecule has 0 atom stereocenters. The van der Waals surface area contributed by atoms with Crippen molar-refractivity contribution >= 4 is 0 Å². The van der Waals surface area contributed by atoms with Gasteiger partial charge in [-0.25, -0.2) is 0 Å². The molecule has 0 N–H and O–H groups in total. The zero-order valence-electron chi connectivity index (χ0n) is 11.2. The normalized spacial score (nSPS) is 20.6. The Kier molecular flexibility index (Phi) is 4.01. The van der Waals surface area contributed by atoms with Crippen molar-refractivity contribution in [1.29, 1.82) is 0 Å². The average molecular weight is 397 g/mol. The van der Waals surface area contributed by atoms with Crippen LogP contribution in [-0.2, 0) is 20.5 Å². The Balaban J connectivity index is 2.45. The van der Waals surface area contributed by atoms with Crippen molar-refractivity contribution in [3.05, 3.63) is 48.6 Å². The van der Waals surface area contributed by atoms with E-state index in [9.17, 15) is 0 Å². The van der Waals surface area contributed by atoms with Crippen LogP contribution >= 0.6 is 0 Å². The van der Waals surface area contributed by atoms with E-state index < -0.39 is 20.5 Å². The van der Waals surface area contributed by atoms with Crippen LogP contribution in [0.25, 0.3) is 0 Å². The molecule has 2 aliphatic rings. The summed E-state index contributed by atoms with van der Waals surface area (Å²) >= 11 is -2.81. The van der Waals surface area contributed by atoms with Crippen molar-refractivity contribution in [2.24, 2.45) is 0 Å². The van der Waals surface area contributed by atoms with Gasteiger partial charge in [-0.2, -0.15) is 0 Å². The van der Waals surface area contributed by atoms with E-state index in [4.69, 9.17) is 0 Å². The number of allylic oxidation sites excluding steroid dienone is 8. The molecular formula is C14H22HfN2.